The van der Waals surface area contributed by atoms with E-state index in [4.69, 9.17) is 10.3 Å². The van der Waals surface area contributed by atoms with Crippen LogP contribution in [0.2, 0.25) is 0 Å². The third-order valence-corrected chi connectivity index (χ3v) is 1.29. The van der Waals surface area contributed by atoms with Crippen molar-refractivity contribution >= 4 is 6.01 Å². The van der Waals surface area contributed by atoms with Crippen LogP contribution in [0.5, 0.6) is 0 Å². The van der Waals surface area contributed by atoms with E-state index in [-0.39, 0.29) is 6.01 Å². The Morgan fingerprint density at radius 3 is 3.00 bits per heavy atom. The van der Waals surface area contributed by atoms with Crippen molar-refractivity contribution in [1.82, 2.24) is 10.1 Å². The van der Waals surface area contributed by atoms with Crippen LogP contribution < -0.4 is 11.3 Å². The van der Waals surface area contributed by atoms with E-state index in [1.54, 1.807) is 12.1 Å². The molecule has 3 N–H and O–H groups in total. The van der Waals surface area contributed by atoms with Gasteiger partial charge in [-0.2, -0.15) is 4.98 Å². The minimum Gasteiger partial charge on any atom is -0.461 e. The van der Waals surface area contributed by atoms with Crippen molar-refractivity contribution in [3.05, 3.63) is 18.4 Å². The van der Waals surface area contributed by atoms with E-state index in [2.05, 4.69) is 20.1 Å². The minimum atomic E-state index is 0.154. The smallest absolute Gasteiger partial charge is 0.336 e. The largest absolute Gasteiger partial charge is 0.461 e. The topological polar surface area (TPSA) is 90.1 Å². The first kappa shape index (κ1) is 6.86. The summed E-state index contributed by atoms with van der Waals surface area (Å²) in [5.41, 5.74) is 2.23. The lowest BCUT2D eigenvalue weighted by molar-refractivity contribution is 0.430. The highest BCUT2D eigenvalue weighted by molar-refractivity contribution is 5.46. The van der Waals surface area contributed by atoms with Crippen molar-refractivity contribution in [3.8, 4) is 11.6 Å². The minimum absolute atomic E-state index is 0.154. The molecule has 2 rings (SSSR count). The highest BCUT2D eigenvalue weighted by Crippen LogP contribution is 2.16. The van der Waals surface area contributed by atoms with Gasteiger partial charge in [0.05, 0.1) is 6.26 Å². The van der Waals surface area contributed by atoms with Gasteiger partial charge in [-0.25, -0.2) is 5.84 Å². The van der Waals surface area contributed by atoms with E-state index < -0.39 is 0 Å². The molecule has 0 unspecified atom stereocenters. The maximum absolute atomic E-state index is 5.04. The molecule has 12 heavy (non-hydrogen) atoms. The average Bonchev–Trinajstić information content (AvgIpc) is 2.75. The zero-order valence-electron chi connectivity index (χ0n) is 6.02. The summed E-state index contributed by atoms with van der Waals surface area (Å²) in [6, 6.07) is 3.62. The second-order valence-electron chi connectivity index (χ2n) is 2.04. The first-order valence-electron chi connectivity index (χ1n) is 3.24. The molecule has 6 nitrogen and oxygen atoms in total. The van der Waals surface area contributed by atoms with Crippen LogP contribution in [0.4, 0.5) is 6.01 Å². The Labute approximate surface area is 67.3 Å². The van der Waals surface area contributed by atoms with Gasteiger partial charge < -0.3 is 8.94 Å². The van der Waals surface area contributed by atoms with Crippen LogP contribution in [0, 0.1) is 0 Å². The summed E-state index contributed by atoms with van der Waals surface area (Å²) in [5, 5.41) is 3.61. The third-order valence-electron chi connectivity index (χ3n) is 1.29. The van der Waals surface area contributed by atoms with Crippen molar-refractivity contribution < 1.29 is 8.94 Å². The van der Waals surface area contributed by atoms with Crippen molar-refractivity contribution in [2.75, 3.05) is 5.43 Å². The molecule has 2 heterocycles. The van der Waals surface area contributed by atoms with Gasteiger partial charge in [0.1, 0.15) is 0 Å². The fourth-order valence-electron chi connectivity index (χ4n) is 0.788. The molecule has 0 atom stereocenters. The lowest BCUT2D eigenvalue weighted by Gasteiger charge is -1.83. The lowest BCUT2D eigenvalue weighted by Crippen LogP contribution is -2.06. The van der Waals surface area contributed by atoms with Crippen LogP contribution in [0.3, 0.4) is 0 Å². The van der Waals surface area contributed by atoms with E-state index in [1.165, 1.54) is 6.26 Å². The monoisotopic (exact) mass is 166 g/mol. The van der Waals surface area contributed by atoms with E-state index in [0.717, 1.165) is 0 Å². The number of hydrogen-bond donors (Lipinski definition) is 2. The van der Waals surface area contributed by atoms with Crippen LogP contribution in [0.15, 0.2) is 27.3 Å². The predicted octanol–water partition coefficient (Wildman–Crippen LogP) is 0.615. The molecule has 6 heteroatoms. The predicted molar refractivity (Wildman–Crippen MR) is 39.8 cm³/mol. The van der Waals surface area contributed by atoms with Gasteiger partial charge in [-0.15, -0.1) is 0 Å². The number of rotatable bonds is 2. The second-order valence-corrected chi connectivity index (χ2v) is 2.04. The molecule has 0 saturated carbocycles. The van der Waals surface area contributed by atoms with Gasteiger partial charge in [0, 0.05) is 0 Å². The fourth-order valence-corrected chi connectivity index (χ4v) is 0.788. The number of nitrogens with two attached hydrogens (primary N) is 1. The molecule has 0 radical (unpaired) electrons. The molecule has 0 bridgehead atoms. The van der Waals surface area contributed by atoms with Gasteiger partial charge in [-0.05, 0) is 12.1 Å². The molecule has 0 aliphatic carbocycles. The highest BCUT2D eigenvalue weighted by Gasteiger charge is 2.08. The number of hydrazine groups is 1. The summed E-state index contributed by atoms with van der Waals surface area (Å²) >= 11 is 0. The van der Waals surface area contributed by atoms with E-state index in [0.29, 0.717) is 11.6 Å². The summed E-state index contributed by atoms with van der Waals surface area (Å²) in [5.74, 6) is 5.95. The van der Waals surface area contributed by atoms with Crippen molar-refractivity contribution in [1.29, 1.82) is 0 Å². The van der Waals surface area contributed by atoms with Gasteiger partial charge in [-0.3, -0.25) is 5.43 Å². The number of nitrogens with one attached hydrogen (secondary N) is 1. The van der Waals surface area contributed by atoms with Crippen LogP contribution in [0.1, 0.15) is 0 Å². The molecular formula is C6H6N4O2. The summed E-state index contributed by atoms with van der Waals surface area (Å²) < 4.78 is 9.70. The van der Waals surface area contributed by atoms with Crippen LogP contribution in [-0.2, 0) is 0 Å². The van der Waals surface area contributed by atoms with Crippen LogP contribution in [0.25, 0.3) is 11.6 Å². The van der Waals surface area contributed by atoms with E-state index in [1.807, 2.05) is 0 Å². The first-order valence-corrected chi connectivity index (χ1v) is 3.24. The Balaban J connectivity index is 2.35. The Hall–Kier alpha value is -1.82. The van der Waals surface area contributed by atoms with Gasteiger partial charge in [0.25, 0.3) is 0 Å². The maximum Gasteiger partial charge on any atom is 0.336 e. The SMILES string of the molecule is NNc1nc(-c2ccco2)no1. The quantitative estimate of drug-likeness (QED) is 0.502. The first-order chi connectivity index (χ1) is 5.90. The average molecular weight is 166 g/mol. The zero-order chi connectivity index (χ0) is 8.39. The van der Waals surface area contributed by atoms with E-state index in [9.17, 15) is 0 Å². The maximum atomic E-state index is 5.04. The zero-order valence-corrected chi connectivity index (χ0v) is 6.02. The number of nitrogens with zero attached hydrogens (tertiary/aromatic N) is 2. The molecule has 0 saturated heterocycles. The molecule has 0 fully saturated rings. The van der Waals surface area contributed by atoms with Crippen molar-refractivity contribution in [2.24, 2.45) is 5.84 Å². The van der Waals surface area contributed by atoms with E-state index >= 15 is 0 Å². The molecule has 0 aliphatic rings. The second kappa shape index (κ2) is 2.67. The van der Waals surface area contributed by atoms with Crippen molar-refractivity contribution in [3.63, 3.8) is 0 Å². The molecule has 2 aromatic rings. The van der Waals surface area contributed by atoms with Gasteiger partial charge >= 0.3 is 6.01 Å². The lowest BCUT2D eigenvalue weighted by atomic mass is 10.4. The Morgan fingerprint density at radius 2 is 2.42 bits per heavy atom. The molecule has 0 spiro atoms. The summed E-state index contributed by atoms with van der Waals surface area (Å²) in [4.78, 5) is 3.86. The summed E-state index contributed by atoms with van der Waals surface area (Å²) in [6.07, 6.45) is 1.53. The highest BCUT2D eigenvalue weighted by atomic mass is 16.5. The molecular weight excluding hydrogens is 160 g/mol. The molecule has 0 aliphatic heterocycles. The van der Waals surface area contributed by atoms with Gasteiger partial charge in [0.2, 0.25) is 5.82 Å². The molecule has 62 valence electrons. The van der Waals surface area contributed by atoms with Gasteiger partial charge in [-0.1, -0.05) is 5.16 Å². The molecule has 2 aromatic heterocycles. The van der Waals surface area contributed by atoms with Crippen molar-refractivity contribution in [2.45, 2.75) is 0 Å². The Bertz CT molecular complexity index is 353. The normalized spacial score (nSPS) is 10.1. The van der Waals surface area contributed by atoms with Crippen LogP contribution in [-0.4, -0.2) is 10.1 Å². The fraction of sp³-hybridized carbons (Fsp3) is 0. The molecule has 0 amide bonds. The Kier molecular flexibility index (Phi) is 1.52. The number of nitrogen functional groups attached to an aromatic ring is 1. The van der Waals surface area contributed by atoms with Crippen LogP contribution >= 0.6 is 0 Å². The standard InChI is InChI=1S/C6H6N4O2/c7-9-6-8-5(10-12-6)4-2-1-3-11-4/h1-3H,7H2,(H,8,9,10). The third kappa shape index (κ3) is 1.04. The number of furan rings is 1. The summed E-state index contributed by atoms with van der Waals surface area (Å²) in [7, 11) is 0. The Morgan fingerprint density at radius 1 is 1.50 bits per heavy atom. The molecule has 0 aromatic carbocycles. The number of anilines is 1. The summed E-state index contributed by atoms with van der Waals surface area (Å²) in [6.45, 7) is 0. The number of hydrogen-bond acceptors (Lipinski definition) is 6. The van der Waals surface area contributed by atoms with Gasteiger partial charge in [0.15, 0.2) is 5.76 Å². The number of aromatic nitrogens is 2.